The fraction of sp³-hybridized carbons (Fsp3) is 0.786. The summed E-state index contributed by atoms with van der Waals surface area (Å²) in [7, 11) is 0. The van der Waals surface area contributed by atoms with Crippen LogP contribution in [0, 0.1) is 22.7 Å². The van der Waals surface area contributed by atoms with Gasteiger partial charge in [-0.15, -0.1) is 0 Å². The topological polar surface area (TPSA) is 37.3 Å². The first-order valence-corrected chi connectivity index (χ1v) is 6.19. The minimum absolute atomic E-state index is 0.268. The van der Waals surface area contributed by atoms with Crippen molar-refractivity contribution in [1.82, 2.24) is 0 Å². The number of hydrogen-bond donors (Lipinski definition) is 1. The van der Waals surface area contributed by atoms with Crippen LogP contribution in [0.15, 0.2) is 11.6 Å². The zero-order valence-corrected chi connectivity index (χ0v) is 10.7. The molecule has 3 atom stereocenters. The second-order valence-corrected chi connectivity index (χ2v) is 6.55. The van der Waals surface area contributed by atoms with Crippen LogP contribution in [0.1, 0.15) is 47.0 Å². The lowest BCUT2D eigenvalue weighted by atomic mass is 9.63. The largest absolute Gasteiger partial charge is 0.478 e. The molecular formula is C14H22O2. The van der Waals surface area contributed by atoms with Gasteiger partial charge in [0.15, 0.2) is 0 Å². The van der Waals surface area contributed by atoms with Gasteiger partial charge >= 0.3 is 5.97 Å². The smallest absolute Gasteiger partial charge is 0.330 e. The highest BCUT2D eigenvalue weighted by molar-refractivity contribution is 5.85. The van der Waals surface area contributed by atoms with E-state index in [2.05, 4.69) is 20.8 Å². The van der Waals surface area contributed by atoms with Crippen molar-refractivity contribution < 1.29 is 9.90 Å². The third-order valence-electron chi connectivity index (χ3n) is 5.14. The molecule has 2 nitrogen and oxygen atoms in total. The SMILES string of the molecule is CC(=CC1C2(C)CCC(C2)C1(C)C)C(=O)O. The number of allylic oxidation sites excluding steroid dienone is 1. The van der Waals surface area contributed by atoms with Crippen molar-refractivity contribution in [1.29, 1.82) is 0 Å². The van der Waals surface area contributed by atoms with Crippen LogP contribution < -0.4 is 0 Å². The second kappa shape index (κ2) is 3.35. The molecule has 2 bridgehead atoms. The molecule has 16 heavy (non-hydrogen) atoms. The molecule has 0 aliphatic heterocycles. The van der Waals surface area contributed by atoms with E-state index in [0.717, 1.165) is 5.92 Å². The molecule has 2 saturated carbocycles. The molecule has 0 radical (unpaired) electrons. The lowest BCUT2D eigenvalue weighted by molar-refractivity contribution is -0.132. The molecule has 0 saturated heterocycles. The van der Waals surface area contributed by atoms with Gasteiger partial charge < -0.3 is 5.11 Å². The molecule has 0 amide bonds. The number of carboxylic acid groups (broad SMARTS) is 1. The van der Waals surface area contributed by atoms with E-state index in [-0.39, 0.29) is 5.41 Å². The second-order valence-electron chi connectivity index (χ2n) is 6.55. The van der Waals surface area contributed by atoms with Crippen LogP contribution in [0.4, 0.5) is 0 Å². The predicted octanol–water partition coefficient (Wildman–Crippen LogP) is 3.48. The highest BCUT2D eigenvalue weighted by Gasteiger charge is 2.58. The van der Waals surface area contributed by atoms with E-state index in [1.165, 1.54) is 19.3 Å². The standard InChI is InChI=1S/C14H22O2/c1-9(12(15)16)7-11-13(2,3)10-5-6-14(11,4)8-10/h7,10-11H,5-6,8H2,1-4H3,(H,15,16). The van der Waals surface area contributed by atoms with Gasteiger partial charge in [0.05, 0.1) is 0 Å². The number of aliphatic carboxylic acids is 1. The van der Waals surface area contributed by atoms with E-state index < -0.39 is 5.97 Å². The van der Waals surface area contributed by atoms with Crippen molar-refractivity contribution in [2.45, 2.75) is 47.0 Å². The van der Waals surface area contributed by atoms with Gasteiger partial charge in [0.25, 0.3) is 0 Å². The Morgan fingerprint density at radius 1 is 1.38 bits per heavy atom. The third-order valence-corrected chi connectivity index (χ3v) is 5.14. The van der Waals surface area contributed by atoms with Crippen LogP contribution in [0.5, 0.6) is 0 Å². The number of carbonyl (C=O) groups is 1. The fourth-order valence-corrected chi connectivity index (χ4v) is 4.08. The quantitative estimate of drug-likeness (QED) is 0.726. The van der Waals surface area contributed by atoms with Crippen molar-refractivity contribution in [3.63, 3.8) is 0 Å². The van der Waals surface area contributed by atoms with Crippen molar-refractivity contribution in [3.8, 4) is 0 Å². The van der Waals surface area contributed by atoms with Crippen LogP contribution in [0.2, 0.25) is 0 Å². The summed E-state index contributed by atoms with van der Waals surface area (Å²) in [5.41, 5.74) is 1.11. The summed E-state index contributed by atoms with van der Waals surface area (Å²) in [5.74, 6) is 0.428. The predicted molar refractivity (Wildman–Crippen MR) is 64.1 cm³/mol. The molecular weight excluding hydrogens is 200 g/mol. The Morgan fingerprint density at radius 3 is 2.44 bits per heavy atom. The molecule has 1 N–H and O–H groups in total. The van der Waals surface area contributed by atoms with Crippen LogP contribution >= 0.6 is 0 Å². The van der Waals surface area contributed by atoms with Crippen LogP contribution in [-0.4, -0.2) is 11.1 Å². The zero-order chi connectivity index (χ0) is 12.1. The van der Waals surface area contributed by atoms with Crippen molar-refractivity contribution in [2.24, 2.45) is 22.7 Å². The Morgan fingerprint density at radius 2 is 2.00 bits per heavy atom. The average Bonchev–Trinajstić information content (AvgIpc) is 2.63. The highest BCUT2D eigenvalue weighted by atomic mass is 16.4. The fourth-order valence-electron chi connectivity index (χ4n) is 4.08. The Labute approximate surface area is 97.7 Å². The first kappa shape index (κ1) is 11.7. The molecule has 0 aromatic rings. The minimum Gasteiger partial charge on any atom is -0.478 e. The minimum atomic E-state index is -0.776. The van der Waals surface area contributed by atoms with Gasteiger partial charge in [-0.05, 0) is 48.9 Å². The van der Waals surface area contributed by atoms with E-state index in [1.807, 2.05) is 6.08 Å². The Kier molecular flexibility index (Phi) is 2.45. The molecule has 2 heteroatoms. The van der Waals surface area contributed by atoms with Gasteiger partial charge in [0, 0.05) is 5.57 Å². The van der Waals surface area contributed by atoms with E-state index >= 15 is 0 Å². The summed E-state index contributed by atoms with van der Waals surface area (Å²) in [5, 5.41) is 9.00. The molecule has 2 rings (SSSR count). The molecule has 2 aliphatic rings. The van der Waals surface area contributed by atoms with E-state index in [9.17, 15) is 4.79 Å². The normalized spacial score (nSPS) is 41.4. The number of rotatable bonds is 2. The van der Waals surface area contributed by atoms with Gasteiger partial charge in [-0.1, -0.05) is 26.8 Å². The molecule has 90 valence electrons. The molecule has 2 fully saturated rings. The lowest BCUT2D eigenvalue weighted by Crippen LogP contribution is -2.34. The molecule has 0 heterocycles. The van der Waals surface area contributed by atoms with E-state index in [0.29, 0.717) is 16.9 Å². The highest BCUT2D eigenvalue weighted by Crippen LogP contribution is 2.66. The number of carboxylic acids is 1. The summed E-state index contributed by atoms with van der Waals surface area (Å²) in [6.45, 7) is 8.66. The maximum Gasteiger partial charge on any atom is 0.330 e. The average molecular weight is 222 g/mol. The van der Waals surface area contributed by atoms with Crippen molar-refractivity contribution in [2.75, 3.05) is 0 Å². The van der Waals surface area contributed by atoms with Crippen molar-refractivity contribution in [3.05, 3.63) is 11.6 Å². The van der Waals surface area contributed by atoms with Gasteiger partial charge in [-0.3, -0.25) is 0 Å². The van der Waals surface area contributed by atoms with Gasteiger partial charge in [-0.2, -0.15) is 0 Å². The lowest BCUT2D eigenvalue weighted by Gasteiger charge is -2.41. The number of fused-ring (bicyclic) bond motifs is 2. The molecule has 0 aromatic carbocycles. The Bertz CT molecular complexity index is 349. The molecule has 2 aliphatic carbocycles. The van der Waals surface area contributed by atoms with Crippen molar-refractivity contribution >= 4 is 5.97 Å². The molecule has 0 spiro atoms. The van der Waals surface area contributed by atoms with Gasteiger partial charge in [0.1, 0.15) is 0 Å². The van der Waals surface area contributed by atoms with E-state index in [4.69, 9.17) is 5.11 Å². The maximum atomic E-state index is 10.9. The third kappa shape index (κ3) is 1.50. The van der Waals surface area contributed by atoms with Gasteiger partial charge in [0.2, 0.25) is 0 Å². The summed E-state index contributed by atoms with van der Waals surface area (Å²) in [4.78, 5) is 10.9. The Balaban J connectivity index is 2.34. The molecule has 0 aromatic heterocycles. The van der Waals surface area contributed by atoms with Gasteiger partial charge in [-0.25, -0.2) is 4.79 Å². The van der Waals surface area contributed by atoms with Crippen LogP contribution in [0.25, 0.3) is 0 Å². The zero-order valence-electron chi connectivity index (χ0n) is 10.7. The summed E-state index contributed by atoms with van der Waals surface area (Å²) in [6.07, 6.45) is 5.87. The van der Waals surface area contributed by atoms with E-state index in [1.54, 1.807) is 6.92 Å². The Hall–Kier alpha value is -0.790. The summed E-state index contributed by atoms with van der Waals surface area (Å²) in [6, 6.07) is 0. The summed E-state index contributed by atoms with van der Waals surface area (Å²) < 4.78 is 0. The first-order valence-electron chi connectivity index (χ1n) is 6.19. The molecule has 3 unspecified atom stereocenters. The summed E-state index contributed by atoms with van der Waals surface area (Å²) >= 11 is 0. The van der Waals surface area contributed by atoms with Crippen LogP contribution in [-0.2, 0) is 4.79 Å². The number of hydrogen-bond acceptors (Lipinski definition) is 1. The maximum absolute atomic E-state index is 10.9. The first-order chi connectivity index (χ1) is 7.27. The monoisotopic (exact) mass is 222 g/mol. The van der Waals surface area contributed by atoms with Crippen LogP contribution in [0.3, 0.4) is 0 Å².